The van der Waals surface area contributed by atoms with Crippen LogP contribution in [-0.4, -0.2) is 56.8 Å². The van der Waals surface area contributed by atoms with Crippen LogP contribution in [0, 0.1) is 0 Å². The fraction of sp³-hybridized carbons (Fsp3) is 0.714. The van der Waals surface area contributed by atoms with Crippen molar-refractivity contribution in [2.24, 2.45) is 5.73 Å². The van der Waals surface area contributed by atoms with Crippen molar-refractivity contribution in [3.05, 3.63) is 0 Å². The second-order valence-corrected chi connectivity index (χ2v) is 7.21. The maximum absolute atomic E-state index is 12.0. The van der Waals surface area contributed by atoms with E-state index in [9.17, 15) is 19.2 Å². The number of carbonyl (C=O) groups excluding carboxylic acids is 2. The number of carboxylic acids is 2. The molecule has 0 aliphatic rings. The molecule has 0 spiro atoms. The van der Waals surface area contributed by atoms with E-state index in [0.29, 0.717) is 0 Å². The lowest BCUT2D eigenvalue weighted by Crippen LogP contribution is -2.56. The van der Waals surface area contributed by atoms with E-state index in [-0.39, 0.29) is 19.3 Å². The fourth-order valence-corrected chi connectivity index (χ4v) is 1.97. The summed E-state index contributed by atoms with van der Waals surface area (Å²) >= 11 is 4.14. The first-order chi connectivity index (χ1) is 10.9. The molecule has 0 saturated heterocycles. The van der Waals surface area contributed by atoms with Gasteiger partial charge in [-0.2, -0.15) is 12.6 Å². The number of carbonyl (C=O) groups is 4. The van der Waals surface area contributed by atoms with Gasteiger partial charge in [0.2, 0.25) is 11.8 Å². The third kappa shape index (κ3) is 8.16. The van der Waals surface area contributed by atoms with E-state index < -0.39 is 46.6 Å². The average molecular weight is 363 g/mol. The number of nitrogens with two attached hydrogens (primary N) is 1. The van der Waals surface area contributed by atoms with Crippen LogP contribution in [0.25, 0.3) is 0 Å². The number of amides is 2. The number of hydrogen-bond donors (Lipinski definition) is 6. The lowest BCUT2D eigenvalue weighted by Gasteiger charge is -2.28. The van der Waals surface area contributed by atoms with Crippen molar-refractivity contribution < 1.29 is 29.4 Å². The highest BCUT2D eigenvalue weighted by atomic mass is 32.1. The number of thiol groups is 1. The van der Waals surface area contributed by atoms with Crippen LogP contribution in [0.2, 0.25) is 0 Å². The van der Waals surface area contributed by atoms with Crippen LogP contribution in [0.1, 0.15) is 40.0 Å². The van der Waals surface area contributed by atoms with Gasteiger partial charge in [0.25, 0.3) is 0 Å². The van der Waals surface area contributed by atoms with Crippen LogP contribution < -0.4 is 16.4 Å². The maximum Gasteiger partial charge on any atom is 0.327 e. The maximum atomic E-state index is 12.0. The average Bonchev–Trinajstić information content (AvgIpc) is 2.42. The lowest BCUT2D eigenvalue weighted by atomic mass is 10.0. The Balaban J connectivity index is 4.42. The second kappa shape index (κ2) is 9.48. The Bertz CT molecular complexity index is 491. The van der Waals surface area contributed by atoms with Crippen molar-refractivity contribution in [2.45, 2.75) is 62.9 Å². The Morgan fingerprint density at radius 2 is 1.67 bits per heavy atom. The number of nitrogens with one attached hydrogen (secondary N) is 2. The summed E-state index contributed by atoms with van der Waals surface area (Å²) in [5.74, 6) is -3.48. The highest BCUT2D eigenvalue weighted by Gasteiger charge is 2.34. The molecule has 6 N–H and O–H groups in total. The van der Waals surface area contributed by atoms with Crippen molar-refractivity contribution in [3.8, 4) is 0 Å². The highest BCUT2D eigenvalue weighted by molar-refractivity contribution is 7.81. The Labute approximate surface area is 145 Å². The number of hydrogen-bond acceptors (Lipinski definition) is 6. The van der Waals surface area contributed by atoms with Crippen LogP contribution in [0.4, 0.5) is 0 Å². The number of aliphatic carboxylic acids is 2. The first-order valence-electron chi connectivity index (χ1n) is 7.39. The molecule has 0 aromatic heterocycles. The quantitative estimate of drug-likeness (QED) is 0.281. The molecule has 138 valence electrons. The van der Waals surface area contributed by atoms with E-state index in [0.717, 1.165) is 0 Å². The monoisotopic (exact) mass is 363 g/mol. The molecule has 2 amide bonds. The van der Waals surface area contributed by atoms with Gasteiger partial charge >= 0.3 is 11.9 Å². The molecule has 0 bridgehead atoms. The minimum Gasteiger partial charge on any atom is -0.480 e. The molecule has 3 atom stereocenters. The Kier molecular flexibility index (Phi) is 8.76. The van der Waals surface area contributed by atoms with Crippen LogP contribution in [0.3, 0.4) is 0 Å². The summed E-state index contributed by atoms with van der Waals surface area (Å²) in [7, 11) is 0. The summed E-state index contributed by atoms with van der Waals surface area (Å²) in [5, 5.41) is 22.5. The molecule has 0 aliphatic carbocycles. The van der Waals surface area contributed by atoms with Crippen LogP contribution in [0.15, 0.2) is 0 Å². The number of carboxylic acid groups (broad SMARTS) is 2. The standard InChI is InChI=1S/C14H25N3O6S/c1-7(11(19)17-10(13(22)23)14(2,3)24)16-9(18)6-4-5-8(15)12(20)21/h7-8,10,24H,4-6,15H2,1-3H3,(H,16,18)(H,17,19)(H,20,21)(H,22,23)/t7?,8-,10-/m0/s1. The Morgan fingerprint density at radius 3 is 2.08 bits per heavy atom. The molecule has 0 rings (SSSR count). The van der Waals surface area contributed by atoms with Crippen molar-refractivity contribution in [2.75, 3.05) is 0 Å². The molecule has 0 fully saturated rings. The molecule has 0 aliphatic heterocycles. The Morgan fingerprint density at radius 1 is 1.12 bits per heavy atom. The van der Waals surface area contributed by atoms with Crippen LogP contribution in [0.5, 0.6) is 0 Å². The van der Waals surface area contributed by atoms with Gasteiger partial charge in [-0.25, -0.2) is 4.79 Å². The van der Waals surface area contributed by atoms with Gasteiger partial charge in [0.1, 0.15) is 18.1 Å². The van der Waals surface area contributed by atoms with E-state index in [1.807, 2.05) is 0 Å². The minimum absolute atomic E-state index is 0.0129. The van der Waals surface area contributed by atoms with Gasteiger partial charge in [-0.05, 0) is 33.6 Å². The largest absolute Gasteiger partial charge is 0.480 e. The van der Waals surface area contributed by atoms with Gasteiger partial charge in [0, 0.05) is 11.2 Å². The van der Waals surface area contributed by atoms with E-state index in [1.165, 1.54) is 6.92 Å². The SMILES string of the molecule is CC(NC(=O)CCC[C@H](N)C(=O)O)C(=O)N[C@@H](C(=O)O)C(C)(C)S. The summed E-state index contributed by atoms with van der Waals surface area (Å²) in [4.78, 5) is 45.4. The van der Waals surface area contributed by atoms with Gasteiger partial charge in [-0.3, -0.25) is 14.4 Å². The molecule has 10 heteroatoms. The Hall–Kier alpha value is -1.81. The van der Waals surface area contributed by atoms with Gasteiger partial charge in [-0.15, -0.1) is 0 Å². The molecule has 9 nitrogen and oxygen atoms in total. The van der Waals surface area contributed by atoms with E-state index in [4.69, 9.17) is 15.9 Å². The van der Waals surface area contributed by atoms with Gasteiger partial charge < -0.3 is 26.6 Å². The zero-order valence-electron chi connectivity index (χ0n) is 13.9. The molecule has 0 aromatic carbocycles. The summed E-state index contributed by atoms with van der Waals surface area (Å²) < 4.78 is -0.988. The van der Waals surface area contributed by atoms with Gasteiger partial charge in [0.05, 0.1) is 0 Å². The van der Waals surface area contributed by atoms with Crippen molar-refractivity contribution in [3.63, 3.8) is 0 Å². The topological polar surface area (TPSA) is 159 Å². The minimum atomic E-state index is -1.23. The normalized spacial score (nSPS) is 15.0. The first kappa shape index (κ1) is 22.2. The summed E-state index contributed by atoms with van der Waals surface area (Å²) in [5.41, 5.74) is 5.32. The van der Waals surface area contributed by atoms with Gasteiger partial charge in [0.15, 0.2) is 0 Å². The van der Waals surface area contributed by atoms with E-state index in [1.54, 1.807) is 13.8 Å². The summed E-state index contributed by atoms with van der Waals surface area (Å²) in [6, 6.07) is -3.20. The highest BCUT2D eigenvalue weighted by Crippen LogP contribution is 2.17. The second-order valence-electron chi connectivity index (χ2n) is 6.06. The fourth-order valence-electron chi connectivity index (χ4n) is 1.79. The van der Waals surface area contributed by atoms with Crippen molar-refractivity contribution in [1.82, 2.24) is 10.6 Å². The van der Waals surface area contributed by atoms with Gasteiger partial charge in [-0.1, -0.05) is 0 Å². The zero-order chi connectivity index (χ0) is 19.1. The smallest absolute Gasteiger partial charge is 0.327 e. The van der Waals surface area contributed by atoms with Crippen molar-refractivity contribution >= 4 is 36.4 Å². The molecular formula is C14H25N3O6S. The van der Waals surface area contributed by atoms with Crippen LogP contribution >= 0.6 is 12.6 Å². The number of rotatable bonds is 10. The molecule has 0 saturated carbocycles. The lowest BCUT2D eigenvalue weighted by molar-refractivity contribution is -0.143. The van der Waals surface area contributed by atoms with Crippen molar-refractivity contribution in [1.29, 1.82) is 0 Å². The molecule has 0 heterocycles. The first-order valence-corrected chi connectivity index (χ1v) is 7.84. The predicted octanol–water partition coefficient (Wildman–Crippen LogP) is -0.649. The molecule has 0 radical (unpaired) electrons. The predicted molar refractivity (Wildman–Crippen MR) is 89.7 cm³/mol. The third-order valence-corrected chi connectivity index (χ3v) is 3.51. The van der Waals surface area contributed by atoms with E-state index in [2.05, 4.69) is 23.3 Å². The molecule has 24 heavy (non-hydrogen) atoms. The summed E-state index contributed by atoms with van der Waals surface area (Å²) in [6.07, 6.45) is 0.409. The summed E-state index contributed by atoms with van der Waals surface area (Å²) in [6.45, 7) is 4.51. The van der Waals surface area contributed by atoms with Crippen LogP contribution in [-0.2, 0) is 19.2 Å². The molecule has 1 unspecified atom stereocenters. The third-order valence-electron chi connectivity index (χ3n) is 3.25. The van der Waals surface area contributed by atoms with E-state index >= 15 is 0 Å². The molecule has 0 aromatic rings. The zero-order valence-corrected chi connectivity index (χ0v) is 14.8. The molecular weight excluding hydrogens is 338 g/mol.